The number of carbonyl (C=O) groups is 2. The summed E-state index contributed by atoms with van der Waals surface area (Å²) in [6.07, 6.45) is -0.904. The lowest BCUT2D eigenvalue weighted by Crippen LogP contribution is -2.46. The number of nitro groups is 1. The lowest BCUT2D eigenvalue weighted by Gasteiger charge is -2.28. The highest BCUT2D eigenvalue weighted by atomic mass is 16.6. The molecule has 1 amide bonds. The Labute approximate surface area is 145 Å². The maximum absolute atomic E-state index is 12.1. The van der Waals surface area contributed by atoms with Gasteiger partial charge in [0.25, 0.3) is 0 Å². The number of carboxylic acids is 1. The molecule has 0 spiro atoms. The minimum atomic E-state index is -1.24. The van der Waals surface area contributed by atoms with Crippen LogP contribution in [0.4, 0.5) is 10.5 Å². The maximum Gasteiger partial charge on any atom is 0.410 e. The van der Waals surface area contributed by atoms with Gasteiger partial charge in [-0.05, 0) is 32.4 Å². The van der Waals surface area contributed by atoms with Crippen LogP contribution in [-0.2, 0) is 16.0 Å². The van der Waals surface area contributed by atoms with Crippen molar-refractivity contribution < 1.29 is 29.1 Å². The van der Waals surface area contributed by atoms with E-state index in [-0.39, 0.29) is 17.9 Å². The van der Waals surface area contributed by atoms with Gasteiger partial charge in [-0.15, -0.1) is 0 Å². The molecule has 1 aromatic carbocycles. The summed E-state index contributed by atoms with van der Waals surface area (Å²) in [5, 5.41) is 20.5. The first-order valence-corrected chi connectivity index (χ1v) is 7.46. The Kier molecular flexibility index (Phi) is 6.32. The lowest BCUT2D eigenvalue weighted by atomic mass is 10.0. The third-order valence-electron chi connectivity index (χ3n) is 3.30. The van der Waals surface area contributed by atoms with Crippen molar-refractivity contribution in [2.24, 2.45) is 0 Å². The number of hydrogen-bond acceptors (Lipinski definition) is 6. The molecule has 0 fully saturated rings. The van der Waals surface area contributed by atoms with Gasteiger partial charge < -0.3 is 14.6 Å². The first-order valence-electron chi connectivity index (χ1n) is 7.46. The Bertz CT molecular complexity index is 667. The zero-order chi connectivity index (χ0) is 19.4. The average Bonchev–Trinajstić information content (AvgIpc) is 2.49. The largest absolute Gasteiger partial charge is 0.490 e. The number of methoxy groups -OCH3 is 1. The fourth-order valence-corrected chi connectivity index (χ4v) is 2.08. The molecule has 0 aliphatic carbocycles. The van der Waals surface area contributed by atoms with Gasteiger partial charge in [0.05, 0.1) is 12.0 Å². The van der Waals surface area contributed by atoms with Crippen molar-refractivity contribution in [2.45, 2.75) is 38.8 Å². The molecule has 0 saturated heterocycles. The third kappa shape index (κ3) is 5.63. The second-order valence-corrected chi connectivity index (χ2v) is 6.41. The first-order chi connectivity index (χ1) is 11.5. The number of aliphatic carboxylic acids is 1. The van der Waals surface area contributed by atoms with E-state index in [1.807, 2.05) is 0 Å². The third-order valence-corrected chi connectivity index (χ3v) is 3.30. The zero-order valence-corrected chi connectivity index (χ0v) is 14.8. The number of ether oxygens (including phenoxy) is 2. The van der Waals surface area contributed by atoms with Gasteiger partial charge in [-0.25, -0.2) is 9.59 Å². The topological polar surface area (TPSA) is 119 Å². The van der Waals surface area contributed by atoms with Gasteiger partial charge in [-0.2, -0.15) is 0 Å². The van der Waals surface area contributed by atoms with Gasteiger partial charge in [0.2, 0.25) is 0 Å². The quantitative estimate of drug-likeness (QED) is 0.615. The monoisotopic (exact) mass is 354 g/mol. The van der Waals surface area contributed by atoms with Crippen molar-refractivity contribution in [1.29, 1.82) is 0 Å². The molecule has 138 valence electrons. The number of benzene rings is 1. The van der Waals surface area contributed by atoms with Crippen molar-refractivity contribution in [1.82, 2.24) is 4.90 Å². The van der Waals surface area contributed by atoms with E-state index in [4.69, 9.17) is 9.47 Å². The van der Waals surface area contributed by atoms with Gasteiger partial charge in [-0.1, -0.05) is 6.07 Å². The van der Waals surface area contributed by atoms with Gasteiger partial charge in [0.15, 0.2) is 5.75 Å². The summed E-state index contributed by atoms with van der Waals surface area (Å²) in [6, 6.07) is 2.91. The van der Waals surface area contributed by atoms with Crippen LogP contribution >= 0.6 is 0 Å². The second kappa shape index (κ2) is 7.82. The highest BCUT2D eigenvalue weighted by Gasteiger charge is 2.31. The number of hydrogen-bond donors (Lipinski definition) is 1. The average molecular weight is 354 g/mol. The minimum absolute atomic E-state index is 0.0705. The minimum Gasteiger partial charge on any atom is -0.490 e. The van der Waals surface area contributed by atoms with E-state index in [2.05, 4.69) is 0 Å². The molecule has 1 atom stereocenters. The molecule has 0 saturated carbocycles. The molecule has 0 aliphatic rings. The van der Waals surface area contributed by atoms with Crippen LogP contribution in [0.5, 0.6) is 5.75 Å². The predicted octanol–water partition coefficient (Wildman–Crippen LogP) is 2.47. The summed E-state index contributed by atoms with van der Waals surface area (Å²) in [6.45, 7) is 5.00. The van der Waals surface area contributed by atoms with Crippen LogP contribution in [0.3, 0.4) is 0 Å². The molecule has 0 bridgehead atoms. The first kappa shape index (κ1) is 20.2. The molecule has 0 aromatic heterocycles. The molecule has 9 nitrogen and oxygen atoms in total. The van der Waals surface area contributed by atoms with E-state index in [0.29, 0.717) is 5.56 Å². The van der Waals surface area contributed by atoms with E-state index in [1.54, 1.807) is 20.8 Å². The number of amides is 1. The van der Waals surface area contributed by atoms with Crippen LogP contribution in [0.25, 0.3) is 0 Å². The van der Waals surface area contributed by atoms with Crippen LogP contribution in [0.15, 0.2) is 18.2 Å². The summed E-state index contributed by atoms with van der Waals surface area (Å²) >= 11 is 0. The summed E-state index contributed by atoms with van der Waals surface area (Å²) in [5.41, 5.74) is -0.660. The number of carbonyl (C=O) groups excluding carboxylic acids is 1. The van der Waals surface area contributed by atoms with Crippen LogP contribution in [0, 0.1) is 10.1 Å². The Morgan fingerprint density at radius 2 is 1.96 bits per heavy atom. The van der Waals surface area contributed by atoms with E-state index >= 15 is 0 Å². The molecular formula is C16H22N2O7. The highest BCUT2D eigenvalue weighted by molar-refractivity contribution is 5.80. The Hall–Kier alpha value is -2.84. The smallest absolute Gasteiger partial charge is 0.410 e. The van der Waals surface area contributed by atoms with Crippen LogP contribution in [-0.4, -0.2) is 52.8 Å². The summed E-state index contributed by atoms with van der Waals surface area (Å²) in [5.74, 6) is -1.17. The number of likely N-dealkylation sites (N-methyl/N-ethyl adjacent to an activating group) is 1. The zero-order valence-electron chi connectivity index (χ0n) is 14.8. The molecule has 0 aliphatic heterocycles. The SMILES string of the molecule is COc1ccc(C[C@@H](C(=O)O)N(C)C(=O)OC(C)(C)C)cc1[N+](=O)[O-]. The fourth-order valence-electron chi connectivity index (χ4n) is 2.08. The molecule has 0 unspecified atom stereocenters. The van der Waals surface area contributed by atoms with Crippen molar-refractivity contribution in [3.8, 4) is 5.75 Å². The van der Waals surface area contributed by atoms with Gasteiger partial charge >= 0.3 is 17.7 Å². The number of nitrogens with zero attached hydrogens (tertiary/aromatic N) is 2. The fraction of sp³-hybridized carbons (Fsp3) is 0.500. The molecule has 1 aromatic rings. The normalized spacial score (nSPS) is 12.2. The molecule has 0 heterocycles. The van der Waals surface area contributed by atoms with Gasteiger partial charge in [0.1, 0.15) is 11.6 Å². The molecule has 1 rings (SSSR count). The van der Waals surface area contributed by atoms with Crippen LogP contribution in [0.1, 0.15) is 26.3 Å². The Morgan fingerprint density at radius 3 is 2.40 bits per heavy atom. The van der Waals surface area contributed by atoms with E-state index < -0.39 is 28.6 Å². The molecular weight excluding hydrogens is 332 g/mol. The predicted molar refractivity (Wildman–Crippen MR) is 88.8 cm³/mol. The van der Waals surface area contributed by atoms with Crippen LogP contribution < -0.4 is 4.74 Å². The standard InChI is InChI=1S/C16H22N2O7/c1-16(2,3)25-15(21)17(4)12(14(19)20)9-10-6-7-13(24-5)11(8-10)18(22)23/h6-8,12H,9H2,1-5H3,(H,19,20)/t12-/m0/s1. The molecule has 9 heteroatoms. The second-order valence-electron chi connectivity index (χ2n) is 6.41. The lowest BCUT2D eigenvalue weighted by molar-refractivity contribution is -0.385. The summed E-state index contributed by atoms with van der Waals surface area (Å²) in [7, 11) is 2.61. The molecule has 25 heavy (non-hydrogen) atoms. The van der Waals surface area contributed by atoms with Crippen LogP contribution in [0.2, 0.25) is 0 Å². The molecule has 1 N–H and O–H groups in total. The van der Waals surface area contributed by atoms with Gasteiger partial charge in [0, 0.05) is 19.5 Å². The number of rotatable bonds is 6. The van der Waals surface area contributed by atoms with E-state index in [9.17, 15) is 24.8 Å². The highest BCUT2D eigenvalue weighted by Crippen LogP contribution is 2.28. The van der Waals surface area contributed by atoms with Crippen molar-refractivity contribution in [2.75, 3.05) is 14.2 Å². The van der Waals surface area contributed by atoms with Gasteiger partial charge in [-0.3, -0.25) is 15.0 Å². The Morgan fingerprint density at radius 1 is 1.36 bits per heavy atom. The summed E-state index contributed by atoms with van der Waals surface area (Å²) < 4.78 is 10.1. The van der Waals surface area contributed by atoms with Crippen molar-refractivity contribution >= 4 is 17.7 Å². The van der Waals surface area contributed by atoms with Crippen molar-refractivity contribution in [3.05, 3.63) is 33.9 Å². The maximum atomic E-state index is 12.1. The van der Waals surface area contributed by atoms with E-state index in [1.165, 1.54) is 32.4 Å². The number of nitro benzene ring substituents is 1. The molecule has 0 radical (unpaired) electrons. The van der Waals surface area contributed by atoms with Crippen molar-refractivity contribution in [3.63, 3.8) is 0 Å². The number of carboxylic acid groups (broad SMARTS) is 1. The Balaban J connectivity index is 3.06. The summed E-state index contributed by atoms with van der Waals surface area (Å²) in [4.78, 5) is 35.1. The van der Waals surface area contributed by atoms with E-state index in [0.717, 1.165) is 4.90 Å².